The van der Waals surface area contributed by atoms with E-state index in [1.54, 1.807) is 36.0 Å². The number of ether oxygens (including phenoxy) is 1. The molecular weight excluding hydrogens is 577 g/mol. The molecule has 4 rings (SSSR count). The molecule has 1 amide bonds. The van der Waals surface area contributed by atoms with Gasteiger partial charge in [0.25, 0.3) is 5.91 Å². The number of alkyl halides is 3. The Morgan fingerprint density at radius 1 is 1.05 bits per heavy atom. The summed E-state index contributed by atoms with van der Waals surface area (Å²) in [6, 6.07) is 19.1. The van der Waals surface area contributed by atoms with Crippen molar-refractivity contribution in [3.8, 4) is 5.75 Å². The van der Waals surface area contributed by atoms with E-state index in [0.717, 1.165) is 17.0 Å². The van der Waals surface area contributed by atoms with E-state index in [2.05, 4.69) is 60.5 Å². The van der Waals surface area contributed by atoms with E-state index in [-0.39, 0.29) is 30.5 Å². The van der Waals surface area contributed by atoms with E-state index in [0.29, 0.717) is 17.8 Å². The zero-order valence-electron chi connectivity index (χ0n) is 24.1. The lowest BCUT2D eigenvalue weighted by Gasteiger charge is -2.27. The largest absolute Gasteiger partial charge is 0.573 e. The number of aliphatic carboxylic acids is 1. The SMILES string of the molecule is Cc1ccc(C2=CSC(N(Cc3ccc(C(=O)NCCC(=O)O)cc3)c3ccc(OC(F)(F)F)cc3)=CC[C@H]2C)c(C)c1. The molecule has 1 atom stereocenters. The number of anilines is 1. The van der Waals surface area contributed by atoms with Gasteiger partial charge < -0.3 is 20.1 Å². The highest BCUT2D eigenvalue weighted by atomic mass is 32.2. The van der Waals surface area contributed by atoms with Crippen LogP contribution in [0.1, 0.15) is 52.4 Å². The maximum Gasteiger partial charge on any atom is 0.573 e. The van der Waals surface area contributed by atoms with Crippen molar-refractivity contribution >= 4 is 34.9 Å². The standard InChI is InChI=1S/C33H33F3N2O4S/c1-21-4-14-28(23(3)18-21)29-20-43-30(15-5-22(29)2)38(26-10-12-27(13-11-26)42-33(34,35)36)19-24-6-8-25(9-7-24)32(41)37-17-16-31(39)40/h4,6-15,18,20,22H,5,16-17,19H2,1-3H3,(H,37,41)(H,39,40)/t22-/m1/s1. The number of halogens is 3. The topological polar surface area (TPSA) is 78.9 Å². The summed E-state index contributed by atoms with van der Waals surface area (Å²) in [6.45, 7) is 6.77. The summed E-state index contributed by atoms with van der Waals surface area (Å²) in [5.41, 5.74) is 6.76. The number of thioether (sulfide) groups is 1. The fourth-order valence-corrected chi connectivity index (χ4v) is 5.88. The number of carboxylic acid groups (broad SMARTS) is 1. The zero-order chi connectivity index (χ0) is 31.1. The second-order valence-electron chi connectivity index (χ2n) is 10.4. The summed E-state index contributed by atoms with van der Waals surface area (Å²) in [6.07, 6.45) is -2.04. The lowest BCUT2D eigenvalue weighted by atomic mass is 9.89. The lowest BCUT2D eigenvalue weighted by molar-refractivity contribution is -0.274. The van der Waals surface area contributed by atoms with Crippen molar-refractivity contribution in [1.82, 2.24) is 5.32 Å². The molecule has 226 valence electrons. The molecule has 0 saturated carbocycles. The van der Waals surface area contributed by atoms with Gasteiger partial charge in [0.2, 0.25) is 0 Å². The molecule has 0 radical (unpaired) electrons. The summed E-state index contributed by atoms with van der Waals surface area (Å²) in [4.78, 5) is 25.1. The van der Waals surface area contributed by atoms with E-state index < -0.39 is 12.3 Å². The molecule has 3 aromatic rings. The molecule has 0 aromatic heterocycles. The summed E-state index contributed by atoms with van der Waals surface area (Å²) in [5, 5.41) is 14.4. The minimum Gasteiger partial charge on any atom is -0.481 e. The maximum absolute atomic E-state index is 12.8. The van der Waals surface area contributed by atoms with Crippen LogP contribution < -0.4 is 15.0 Å². The highest BCUT2D eigenvalue weighted by Crippen LogP contribution is 2.40. The van der Waals surface area contributed by atoms with Crippen LogP contribution in [-0.4, -0.2) is 29.9 Å². The van der Waals surface area contributed by atoms with E-state index in [1.165, 1.54) is 34.4 Å². The Hall–Kier alpha value is -4.18. The minimum absolute atomic E-state index is 0.0269. The van der Waals surface area contributed by atoms with E-state index >= 15 is 0 Å². The average Bonchev–Trinajstić information content (AvgIpc) is 3.13. The predicted molar refractivity (Wildman–Crippen MR) is 164 cm³/mol. The number of benzene rings is 3. The van der Waals surface area contributed by atoms with Gasteiger partial charge in [-0.1, -0.05) is 60.7 Å². The molecular formula is C33H33F3N2O4S. The molecule has 10 heteroatoms. The Labute approximate surface area is 253 Å². The number of amides is 1. The first-order valence-corrected chi connectivity index (χ1v) is 14.6. The van der Waals surface area contributed by atoms with Gasteiger partial charge in [-0.25, -0.2) is 0 Å². The quantitative estimate of drug-likeness (QED) is 0.242. The van der Waals surface area contributed by atoms with Crippen LogP contribution in [-0.2, 0) is 11.3 Å². The van der Waals surface area contributed by atoms with Gasteiger partial charge in [-0.15, -0.1) is 13.2 Å². The van der Waals surface area contributed by atoms with Crippen molar-refractivity contribution < 1.29 is 32.6 Å². The second kappa shape index (κ2) is 13.9. The molecule has 43 heavy (non-hydrogen) atoms. The third kappa shape index (κ3) is 8.90. The first-order valence-electron chi connectivity index (χ1n) is 13.8. The summed E-state index contributed by atoms with van der Waals surface area (Å²) < 4.78 is 42.4. The Morgan fingerprint density at radius 2 is 1.74 bits per heavy atom. The van der Waals surface area contributed by atoms with Gasteiger partial charge in [0.05, 0.1) is 11.4 Å². The third-order valence-electron chi connectivity index (χ3n) is 7.01. The number of carbonyl (C=O) groups excluding carboxylic acids is 1. The van der Waals surface area contributed by atoms with Crippen LogP contribution in [0.5, 0.6) is 5.75 Å². The van der Waals surface area contributed by atoms with E-state index in [9.17, 15) is 22.8 Å². The Bertz CT molecular complexity index is 1520. The van der Waals surface area contributed by atoms with Crippen molar-refractivity contribution in [3.05, 3.63) is 111 Å². The summed E-state index contributed by atoms with van der Waals surface area (Å²) >= 11 is 1.56. The molecule has 1 aliphatic rings. The van der Waals surface area contributed by atoms with Gasteiger partial charge in [-0.05, 0) is 90.3 Å². The van der Waals surface area contributed by atoms with Gasteiger partial charge in [-0.2, -0.15) is 0 Å². The number of carbonyl (C=O) groups is 2. The molecule has 1 aliphatic heterocycles. The van der Waals surface area contributed by atoms with Crippen molar-refractivity contribution in [1.29, 1.82) is 0 Å². The molecule has 6 nitrogen and oxygen atoms in total. The molecule has 0 bridgehead atoms. The maximum atomic E-state index is 12.8. The van der Waals surface area contributed by atoms with Crippen LogP contribution in [0, 0.1) is 19.8 Å². The molecule has 0 spiro atoms. The van der Waals surface area contributed by atoms with Crippen molar-refractivity contribution in [2.24, 2.45) is 5.92 Å². The van der Waals surface area contributed by atoms with Gasteiger partial charge in [0.1, 0.15) is 5.75 Å². The highest BCUT2D eigenvalue weighted by Gasteiger charge is 2.31. The van der Waals surface area contributed by atoms with Gasteiger partial charge in [-0.3, -0.25) is 9.59 Å². The van der Waals surface area contributed by atoms with Crippen LogP contribution in [0.25, 0.3) is 5.57 Å². The Morgan fingerprint density at radius 3 is 2.37 bits per heavy atom. The first-order chi connectivity index (χ1) is 20.4. The Balaban J connectivity index is 1.61. The lowest BCUT2D eigenvalue weighted by Crippen LogP contribution is -2.26. The normalized spacial score (nSPS) is 15.2. The fraction of sp³-hybridized carbons (Fsp3) is 0.273. The zero-order valence-corrected chi connectivity index (χ0v) is 24.9. The number of nitrogens with one attached hydrogen (secondary N) is 1. The van der Waals surface area contributed by atoms with Gasteiger partial charge in [0, 0.05) is 24.3 Å². The molecule has 0 unspecified atom stereocenters. The summed E-state index contributed by atoms with van der Waals surface area (Å²) in [5.74, 6) is -1.42. The van der Waals surface area contributed by atoms with Gasteiger partial charge in [0.15, 0.2) is 0 Å². The van der Waals surface area contributed by atoms with Crippen LogP contribution in [0.15, 0.2) is 83.2 Å². The van der Waals surface area contributed by atoms with Crippen LogP contribution >= 0.6 is 11.8 Å². The number of hydrogen-bond acceptors (Lipinski definition) is 5. The monoisotopic (exact) mass is 610 g/mol. The number of carboxylic acids is 1. The number of allylic oxidation sites excluding steroid dienone is 2. The van der Waals surface area contributed by atoms with Crippen molar-refractivity contribution in [2.75, 3.05) is 11.4 Å². The van der Waals surface area contributed by atoms with Crippen molar-refractivity contribution in [3.63, 3.8) is 0 Å². The smallest absolute Gasteiger partial charge is 0.481 e. The minimum atomic E-state index is -4.78. The molecule has 1 heterocycles. The molecule has 0 aliphatic carbocycles. The Kier molecular flexibility index (Phi) is 10.2. The van der Waals surface area contributed by atoms with Crippen LogP contribution in [0.2, 0.25) is 0 Å². The van der Waals surface area contributed by atoms with Crippen LogP contribution in [0.4, 0.5) is 18.9 Å². The molecule has 2 N–H and O–H groups in total. The molecule has 0 fully saturated rings. The highest BCUT2D eigenvalue weighted by molar-refractivity contribution is 8.06. The number of hydrogen-bond donors (Lipinski definition) is 2. The van der Waals surface area contributed by atoms with E-state index in [1.807, 2.05) is 17.0 Å². The first kappa shape index (κ1) is 31.7. The predicted octanol–water partition coefficient (Wildman–Crippen LogP) is 8.07. The van der Waals surface area contributed by atoms with Gasteiger partial charge >= 0.3 is 12.3 Å². The third-order valence-corrected chi connectivity index (χ3v) is 8.01. The molecule has 0 saturated heterocycles. The van der Waals surface area contributed by atoms with E-state index in [4.69, 9.17) is 5.11 Å². The number of rotatable bonds is 10. The number of nitrogens with zero attached hydrogens (tertiary/aromatic N) is 1. The second-order valence-corrected chi connectivity index (χ2v) is 11.3. The fourth-order valence-electron chi connectivity index (χ4n) is 4.79. The van der Waals surface area contributed by atoms with Crippen LogP contribution in [0.3, 0.4) is 0 Å². The van der Waals surface area contributed by atoms with Crippen molar-refractivity contribution in [2.45, 2.75) is 46.5 Å². The molecule has 3 aromatic carbocycles. The number of aryl methyl sites for hydroxylation is 2. The summed E-state index contributed by atoms with van der Waals surface area (Å²) in [7, 11) is 0. The average molecular weight is 611 g/mol.